The lowest BCUT2D eigenvalue weighted by atomic mass is 9.70. The van der Waals surface area contributed by atoms with Crippen LogP contribution in [0.5, 0.6) is 0 Å². The van der Waals surface area contributed by atoms with Gasteiger partial charge in [0.15, 0.2) is 0 Å². The van der Waals surface area contributed by atoms with E-state index in [1.165, 1.54) is 0 Å². The van der Waals surface area contributed by atoms with E-state index >= 15 is 0 Å². The average Bonchev–Trinajstić information content (AvgIpc) is 3.33. The lowest BCUT2D eigenvalue weighted by molar-refractivity contribution is 0.302. The number of allylic oxidation sites excluding steroid dienone is 2. The first-order valence-corrected chi connectivity index (χ1v) is 8.41. The van der Waals surface area contributed by atoms with Gasteiger partial charge in [-0.05, 0) is 42.7 Å². The van der Waals surface area contributed by atoms with Crippen LogP contribution in [0, 0.1) is 57.2 Å². The minimum Gasteiger partial charge on any atom is -0.384 e. The zero-order valence-corrected chi connectivity index (χ0v) is 13.6. The Kier molecular flexibility index (Phi) is 3.31. The minimum absolute atomic E-state index is 0.0816. The Balaban J connectivity index is 1.91. The molecule has 2 N–H and O–H groups in total. The molecule has 5 nitrogen and oxygen atoms in total. The summed E-state index contributed by atoms with van der Waals surface area (Å²) >= 11 is 0. The number of benzene rings is 1. The molecule has 1 fully saturated rings. The molecule has 1 heterocycles. The van der Waals surface area contributed by atoms with E-state index in [9.17, 15) is 15.8 Å². The highest BCUT2D eigenvalue weighted by atomic mass is 15.3. The molecule has 5 heteroatoms. The summed E-state index contributed by atoms with van der Waals surface area (Å²) in [7, 11) is 0. The predicted molar refractivity (Wildman–Crippen MR) is 92.0 cm³/mol. The number of para-hydroxylation sites is 1. The number of hydrogen-bond acceptors (Lipinski definition) is 5. The maximum atomic E-state index is 9.94. The Hall–Kier alpha value is -3.23. The second kappa shape index (κ2) is 5.40. The Morgan fingerprint density at radius 1 is 1.04 bits per heavy atom. The van der Waals surface area contributed by atoms with Gasteiger partial charge in [0.25, 0.3) is 0 Å². The van der Waals surface area contributed by atoms with Gasteiger partial charge in [-0.1, -0.05) is 30.4 Å². The number of nitrogens with zero attached hydrogens (tertiary/aromatic N) is 4. The third-order valence-electron chi connectivity index (χ3n) is 5.87. The van der Waals surface area contributed by atoms with Crippen molar-refractivity contribution in [3.8, 4) is 18.2 Å². The first-order valence-electron chi connectivity index (χ1n) is 8.41. The molecule has 2 bridgehead atoms. The SMILES string of the molecule is N#CC1=C(N)N(c2ccccc2)[C@@H]([C@@H]2C[C@H]3C=C[C@H]2C3)C1(C#N)C#N. The topological polar surface area (TPSA) is 101 Å². The van der Waals surface area contributed by atoms with E-state index in [4.69, 9.17) is 5.73 Å². The summed E-state index contributed by atoms with van der Waals surface area (Å²) in [6, 6.07) is 15.4. The summed E-state index contributed by atoms with van der Waals surface area (Å²) in [6.07, 6.45) is 6.40. The second-order valence-electron chi connectivity index (χ2n) is 7.00. The summed E-state index contributed by atoms with van der Waals surface area (Å²) in [5, 5.41) is 29.5. The van der Waals surface area contributed by atoms with Crippen LogP contribution in [0.1, 0.15) is 12.8 Å². The highest BCUT2D eigenvalue weighted by molar-refractivity contribution is 5.65. The summed E-state index contributed by atoms with van der Waals surface area (Å²) in [5.41, 5.74) is 5.68. The van der Waals surface area contributed by atoms with E-state index in [0.29, 0.717) is 11.8 Å². The van der Waals surface area contributed by atoms with Crippen LogP contribution in [0.3, 0.4) is 0 Å². The fourth-order valence-corrected chi connectivity index (χ4v) is 4.82. The Morgan fingerprint density at radius 2 is 1.76 bits per heavy atom. The number of rotatable bonds is 2. The first kappa shape index (κ1) is 15.3. The molecule has 122 valence electrons. The standard InChI is InChI=1S/C20H17N5/c21-10-17-19(24)25(15-4-2-1-3-5-15)18(20(17,11-22)12-23)16-9-13-6-7-14(16)8-13/h1-7,13-14,16,18H,8-9,24H2/t13-,14-,16+,18-/m0/s1. The Bertz CT molecular complexity index is 879. The molecule has 1 aliphatic heterocycles. The summed E-state index contributed by atoms with van der Waals surface area (Å²) < 4.78 is 0. The van der Waals surface area contributed by atoms with E-state index < -0.39 is 11.5 Å². The van der Waals surface area contributed by atoms with Crippen LogP contribution in [-0.4, -0.2) is 6.04 Å². The van der Waals surface area contributed by atoms with Crippen molar-refractivity contribution in [1.29, 1.82) is 15.8 Å². The molecular weight excluding hydrogens is 310 g/mol. The van der Waals surface area contributed by atoms with E-state index in [0.717, 1.165) is 18.5 Å². The maximum Gasteiger partial charge on any atom is 0.202 e. The number of nitrogens with two attached hydrogens (primary N) is 1. The quantitative estimate of drug-likeness (QED) is 0.842. The average molecular weight is 327 g/mol. The van der Waals surface area contributed by atoms with Crippen LogP contribution in [0.25, 0.3) is 0 Å². The second-order valence-corrected chi connectivity index (χ2v) is 7.00. The number of nitriles is 3. The predicted octanol–water partition coefficient (Wildman–Crippen LogP) is 2.81. The smallest absolute Gasteiger partial charge is 0.202 e. The third-order valence-corrected chi connectivity index (χ3v) is 5.87. The van der Waals surface area contributed by atoms with E-state index in [1.54, 1.807) is 0 Å². The number of hydrogen-bond donors (Lipinski definition) is 1. The van der Waals surface area contributed by atoms with Gasteiger partial charge in [-0.25, -0.2) is 0 Å². The normalized spacial score (nSPS) is 31.6. The van der Waals surface area contributed by atoms with Crippen molar-refractivity contribution < 1.29 is 0 Å². The van der Waals surface area contributed by atoms with Crippen LogP contribution in [0.2, 0.25) is 0 Å². The van der Waals surface area contributed by atoms with Crippen molar-refractivity contribution >= 4 is 5.69 Å². The molecule has 2 aliphatic carbocycles. The molecule has 3 aliphatic rings. The van der Waals surface area contributed by atoms with Crippen molar-refractivity contribution in [2.75, 3.05) is 4.90 Å². The minimum atomic E-state index is -1.53. The molecule has 0 saturated heterocycles. The monoisotopic (exact) mass is 327 g/mol. The van der Waals surface area contributed by atoms with Gasteiger partial charge in [0.05, 0.1) is 18.2 Å². The molecule has 4 rings (SSSR count). The van der Waals surface area contributed by atoms with Gasteiger partial charge in [0.1, 0.15) is 17.5 Å². The van der Waals surface area contributed by atoms with Crippen molar-refractivity contribution in [3.63, 3.8) is 0 Å². The van der Waals surface area contributed by atoms with Crippen LogP contribution < -0.4 is 10.6 Å². The molecule has 0 radical (unpaired) electrons. The number of anilines is 1. The fraction of sp³-hybridized carbons (Fsp3) is 0.350. The zero-order chi connectivity index (χ0) is 17.6. The Labute approximate surface area is 146 Å². The molecule has 0 amide bonds. The summed E-state index contributed by atoms with van der Waals surface area (Å²) in [5.74, 6) is 1.18. The molecule has 4 atom stereocenters. The van der Waals surface area contributed by atoms with Gasteiger partial charge in [-0.3, -0.25) is 0 Å². The number of fused-ring (bicyclic) bond motifs is 2. The van der Waals surface area contributed by atoms with Gasteiger partial charge in [0, 0.05) is 5.69 Å². The highest BCUT2D eigenvalue weighted by Gasteiger charge is 2.60. The van der Waals surface area contributed by atoms with E-state index in [2.05, 4.69) is 30.4 Å². The van der Waals surface area contributed by atoms with Crippen LogP contribution in [-0.2, 0) is 0 Å². The van der Waals surface area contributed by atoms with E-state index in [-0.39, 0.29) is 17.3 Å². The molecule has 1 saturated carbocycles. The molecule has 0 spiro atoms. The molecule has 1 aromatic rings. The highest BCUT2D eigenvalue weighted by Crippen LogP contribution is 2.55. The molecule has 0 unspecified atom stereocenters. The zero-order valence-electron chi connectivity index (χ0n) is 13.6. The van der Waals surface area contributed by atoms with Gasteiger partial charge in [0.2, 0.25) is 5.41 Å². The van der Waals surface area contributed by atoms with E-state index in [1.807, 2.05) is 35.2 Å². The van der Waals surface area contributed by atoms with Gasteiger partial charge in [-0.15, -0.1) is 0 Å². The molecule has 1 aromatic carbocycles. The molecule has 25 heavy (non-hydrogen) atoms. The lowest BCUT2D eigenvalue weighted by Crippen LogP contribution is -2.48. The van der Waals surface area contributed by atoms with Crippen LogP contribution >= 0.6 is 0 Å². The largest absolute Gasteiger partial charge is 0.384 e. The summed E-state index contributed by atoms with van der Waals surface area (Å²) in [6.45, 7) is 0. The van der Waals surface area contributed by atoms with Crippen molar-refractivity contribution in [2.45, 2.75) is 18.9 Å². The molecule has 0 aromatic heterocycles. The van der Waals surface area contributed by atoms with Crippen LogP contribution in [0.15, 0.2) is 53.9 Å². The lowest BCUT2D eigenvalue weighted by Gasteiger charge is -2.38. The first-order chi connectivity index (χ1) is 12.2. The van der Waals surface area contributed by atoms with Crippen molar-refractivity contribution in [3.05, 3.63) is 53.9 Å². The fourth-order valence-electron chi connectivity index (χ4n) is 4.82. The third kappa shape index (κ3) is 1.92. The van der Waals surface area contributed by atoms with Crippen molar-refractivity contribution in [2.24, 2.45) is 28.9 Å². The van der Waals surface area contributed by atoms with Gasteiger partial charge in [-0.2, -0.15) is 15.8 Å². The summed E-state index contributed by atoms with van der Waals surface area (Å²) in [4.78, 5) is 1.85. The molecular formula is C20H17N5. The van der Waals surface area contributed by atoms with Crippen molar-refractivity contribution in [1.82, 2.24) is 0 Å². The Morgan fingerprint density at radius 3 is 2.28 bits per heavy atom. The maximum absolute atomic E-state index is 9.94. The van der Waals surface area contributed by atoms with Gasteiger partial charge < -0.3 is 10.6 Å². The van der Waals surface area contributed by atoms with Gasteiger partial charge >= 0.3 is 0 Å². The van der Waals surface area contributed by atoms with Crippen LogP contribution in [0.4, 0.5) is 5.69 Å².